The fourth-order valence-electron chi connectivity index (χ4n) is 2.35. The molecule has 0 unspecified atom stereocenters. The summed E-state index contributed by atoms with van der Waals surface area (Å²) in [5.41, 5.74) is 7.27. The zero-order valence-electron chi connectivity index (χ0n) is 14.3. The van der Waals surface area contributed by atoms with Crippen molar-refractivity contribution in [3.05, 3.63) is 64.7 Å². The Morgan fingerprint density at radius 3 is 2.56 bits per heavy atom. The number of amides is 1. The number of tetrazole rings is 1. The molecule has 1 atom stereocenters. The lowest BCUT2D eigenvalue weighted by molar-refractivity contribution is 0.0165. The van der Waals surface area contributed by atoms with Crippen LogP contribution in [0.1, 0.15) is 15.9 Å². The SMILES string of the molecule is NC(=O)c1ccc(-c2nnn(C[C@@H](O)COCc3ccc(Cl)cc3)n2)cc1. The molecule has 0 aliphatic carbocycles. The Balaban J connectivity index is 1.50. The molecule has 9 heteroatoms. The van der Waals surface area contributed by atoms with Crippen LogP contribution in [-0.2, 0) is 17.9 Å². The number of nitrogens with two attached hydrogens (primary N) is 1. The van der Waals surface area contributed by atoms with Gasteiger partial charge in [0.05, 0.1) is 25.9 Å². The van der Waals surface area contributed by atoms with E-state index < -0.39 is 12.0 Å². The van der Waals surface area contributed by atoms with Crippen molar-refractivity contribution in [1.29, 1.82) is 0 Å². The van der Waals surface area contributed by atoms with Crippen molar-refractivity contribution in [3.8, 4) is 11.4 Å². The second-order valence-electron chi connectivity index (χ2n) is 5.90. The fraction of sp³-hybridized carbons (Fsp3) is 0.222. The van der Waals surface area contributed by atoms with Gasteiger partial charge in [0.15, 0.2) is 0 Å². The summed E-state index contributed by atoms with van der Waals surface area (Å²) in [4.78, 5) is 12.4. The van der Waals surface area contributed by atoms with Crippen molar-refractivity contribution in [3.63, 3.8) is 0 Å². The summed E-state index contributed by atoms with van der Waals surface area (Å²) in [6.07, 6.45) is -0.781. The summed E-state index contributed by atoms with van der Waals surface area (Å²) >= 11 is 5.83. The second kappa shape index (κ2) is 8.72. The standard InChI is InChI=1S/C18H18ClN5O3/c19-15-7-1-12(2-8-15)10-27-11-16(25)9-24-22-18(21-23-24)14-5-3-13(4-6-14)17(20)26/h1-8,16,25H,9-11H2,(H2,20,26)/t16-/m1/s1. The summed E-state index contributed by atoms with van der Waals surface area (Å²) in [6, 6.07) is 13.9. The van der Waals surface area contributed by atoms with Crippen LogP contribution in [0.5, 0.6) is 0 Å². The molecule has 0 aliphatic rings. The number of aliphatic hydroxyl groups is 1. The number of aromatic nitrogens is 4. The molecular formula is C18H18ClN5O3. The molecule has 3 rings (SSSR count). The molecular weight excluding hydrogens is 370 g/mol. The Morgan fingerprint density at radius 1 is 1.19 bits per heavy atom. The van der Waals surface area contributed by atoms with E-state index in [1.807, 2.05) is 12.1 Å². The molecule has 3 N–H and O–H groups in total. The van der Waals surface area contributed by atoms with Gasteiger partial charge < -0.3 is 15.6 Å². The van der Waals surface area contributed by atoms with Gasteiger partial charge in [0, 0.05) is 16.1 Å². The first-order valence-corrected chi connectivity index (χ1v) is 8.57. The second-order valence-corrected chi connectivity index (χ2v) is 6.34. The zero-order chi connectivity index (χ0) is 19.2. The summed E-state index contributed by atoms with van der Waals surface area (Å²) in [6.45, 7) is 0.649. The molecule has 0 saturated heterocycles. The van der Waals surface area contributed by atoms with Crippen molar-refractivity contribution in [2.75, 3.05) is 6.61 Å². The molecule has 0 fully saturated rings. The smallest absolute Gasteiger partial charge is 0.248 e. The molecule has 0 bridgehead atoms. The molecule has 8 nitrogen and oxygen atoms in total. The predicted molar refractivity (Wildman–Crippen MR) is 98.9 cm³/mol. The van der Waals surface area contributed by atoms with E-state index in [9.17, 15) is 9.90 Å². The summed E-state index contributed by atoms with van der Waals surface area (Å²) in [5.74, 6) is -0.111. The van der Waals surface area contributed by atoms with Crippen LogP contribution >= 0.6 is 11.6 Å². The Hall–Kier alpha value is -2.81. The molecule has 0 aliphatic heterocycles. The third-order valence-corrected chi connectivity index (χ3v) is 4.00. The van der Waals surface area contributed by atoms with Gasteiger partial charge in [0.25, 0.3) is 0 Å². The molecule has 27 heavy (non-hydrogen) atoms. The maximum Gasteiger partial charge on any atom is 0.248 e. The highest BCUT2D eigenvalue weighted by Gasteiger charge is 2.11. The van der Waals surface area contributed by atoms with Gasteiger partial charge in [-0.25, -0.2) is 0 Å². The van der Waals surface area contributed by atoms with Crippen molar-refractivity contribution < 1.29 is 14.6 Å². The summed E-state index contributed by atoms with van der Waals surface area (Å²) in [7, 11) is 0. The zero-order valence-corrected chi connectivity index (χ0v) is 15.1. The van der Waals surface area contributed by atoms with Gasteiger partial charge in [0.1, 0.15) is 0 Å². The Morgan fingerprint density at radius 2 is 1.89 bits per heavy atom. The number of rotatable bonds is 8. The van der Waals surface area contributed by atoms with Crippen molar-refractivity contribution in [2.24, 2.45) is 5.73 Å². The number of hydrogen-bond acceptors (Lipinski definition) is 6. The molecule has 0 saturated carbocycles. The minimum absolute atomic E-state index is 0.132. The monoisotopic (exact) mass is 387 g/mol. The first kappa shape index (κ1) is 19.0. The Bertz CT molecular complexity index is 896. The van der Waals surface area contributed by atoms with Gasteiger partial charge in [-0.2, -0.15) is 4.80 Å². The molecule has 1 aromatic heterocycles. The lowest BCUT2D eigenvalue weighted by atomic mass is 10.1. The minimum atomic E-state index is -0.781. The number of primary amides is 1. The van der Waals surface area contributed by atoms with E-state index in [4.69, 9.17) is 22.1 Å². The van der Waals surface area contributed by atoms with Crippen LogP contribution < -0.4 is 5.73 Å². The van der Waals surface area contributed by atoms with Gasteiger partial charge >= 0.3 is 0 Å². The fourth-order valence-corrected chi connectivity index (χ4v) is 2.48. The van der Waals surface area contributed by atoms with Crippen molar-refractivity contribution in [1.82, 2.24) is 20.2 Å². The molecule has 1 amide bonds. The van der Waals surface area contributed by atoms with E-state index in [0.717, 1.165) is 5.56 Å². The van der Waals surface area contributed by atoms with Crippen LogP contribution in [0, 0.1) is 0 Å². The molecule has 3 aromatic rings. The van der Waals surface area contributed by atoms with E-state index in [1.165, 1.54) is 4.80 Å². The molecule has 0 spiro atoms. The third-order valence-electron chi connectivity index (χ3n) is 3.75. The lowest BCUT2D eigenvalue weighted by Crippen LogP contribution is -2.23. The van der Waals surface area contributed by atoms with Gasteiger partial charge in [0.2, 0.25) is 11.7 Å². The minimum Gasteiger partial charge on any atom is -0.389 e. The Labute approximate surface area is 160 Å². The molecule has 140 valence electrons. The lowest BCUT2D eigenvalue weighted by Gasteiger charge is -2.10. The maximum absolute atomic E-state index is 11.1. The van der Waals surface area contributed by atoms with Gasteiger partial charge in [-0.1, -0.05) is 35.9 Å². The average Bonchev–Trinajstić information content (AvgIpc) is 3.12. The number of carbonyl (C=O) groups is 1. The van der Waals surface area contributed by atoms with E-state index in [2.05, 4.69) is 15.4 Å². The third kappa shape index (κ3) is 5.33. The van der Waals surface area contributed by atoms with Crippen molar-refractivity contribution >= 4 is 17.5 Å². The number of nitrogens with zero attached hydrogens (tertiary/aromatic N) is 4. The molecule has 2 aromatic carbocycles. The maximum atomic E-state index is 11.1. The largest absolute Gasteiger partial charge is 0.389 e. The highest BCUT2D eigenvalue weighted by molar-refractivity contribution is 6.30. The van der Waals surface area contributed by atoms with Crippen LogP contribution in [0.3, 0.4) is 0 Å². The van der Waals surface area contributed by atoms with Crippen LogP contribution in [0.15, 0.2) is 48.5 Å². The highest BCUT2D eigenvalue weighted by Crippen LogP contribution is 2.14. The van der Waals surface area contributed by atoms with Crippen molar-refractivity contribution in [2.45, 2.75) is 19.3 Å². The van der Waals surface area contributed by atoms with Crippen LogP contribution in [0.25, 0.3) is 11.4 Å². The van der Waals surface area contributed by atoms with Crippen LogP contribution in [-0.4, -0.2) is 43.9 Å². The quantitative estimate of drug-likeness (QED) is 0.607. The number of ether oxygens (including phenoxy) is 1. The summed E-state index contributed by atoms with van der Waals surface area (Å²) in [5, 5.41) is 22.8. The van der Waals surface area contributed by atoms with E-state index >= 15 is 0 Å². The van der Waals surface area contributed by atoms with Gasteiger partial charge in [-0.15, -0.1) is 10.2 Å². The topological polar surface area (TPSA) is 116 Å². The van der Waals surface area contributed by atoms with E-state index in [-0.39, 0.29) is 13.2 Å². The number of aliphatic hydroxyl groups excluding tert-OH is 1. The first-order valence-electron chi connectivity index (χ1n) is 8.19. The number of halogens is 1. The van der Waals surface area contributed by atoms with E-state index in [0.29, 0.717) is 28.6 Å². The average molecular weight is 388 g/mol. The first-order chi connectivity index (χ1) is 13.0. The molecule has 1 heterocycles. The number of benzene rings is 2. The van der Waals surface area contributed by atoms with Gasteiger partial charge in [-0.05, 0) is 35.0 Å². The molecule has 0 radical (unpaired) electrons. The number of carbonyl (C=O) groups excluding carboxylic acids is 1. The Kier molecular flexibility index (Phi) is 6.12. The normalized spacial score (nSPS) is 12.1. The predicted octanol–water partition coefficient (Wildman–Crippen LogP) is 1.67. The number of hydrogen-bond donors (Lipinski definition) is 2. The van der Waals surface area contributed by atoms with Gasteiger partial charge in [-0.3, -0.25) is 4.79 Å². The van der Waals surface area contributed by atoms with E-state index in [1.54, 1.807) is 36.4 Å². The highest BCUT2D eigenvalue weighted by atomic mass is 35.5. The van der Waals surface area contributed by atoms with Crippen LogP contribution in [0.2, 0.25) is 5.02 Å². The summed E-state index contributed by atoms with van der Waals surface area (Å²) < 4.78 is 5.49. The van der Waals surface area contributed by atoms with Crippen LogP contribution in [0.4, 0.5) is 0 Å².